The van der Waals surface area contributed by atoms with Crippen LogP contribution >= 0.6 is 11.8 Å². The summed E-state index contributed by atoms with van der Waals surface area (Å²) >= 11 is 1.74. The number of aromatic nitrogens is 3. The van der Waals surface area contributed by atoms with Crippen molar-refractivity contribution in [1.29, 1.82) is 5.26 Å². The van der Waals surface area contributed by atoms with Gasteiger partial charge in [0.05, 0.1) is 31.0 Å². The largest absolute Gasteiger partial charge is 0.360 e. The van der Waals surface area contributed by atoms with Crippen LogP contribution in [-0.4, -0.2) is 27.4 Å². The summed E-state index contributed by atoms with van der Waals surface area (Å²) in [4.78, 5) is 0. The Hall–Kier alpha value is -1.84. The van der Waals surface area contributed by atoms with Gasteiger partial charge in [0.1, 0.15) is 11.1 Å². The van der Waals surface area contributed by atoms with E-state index >= 15 is 0 Å². The fourth-order valence-corrected chi connectivity index (χ4v) is 2.83. The first-order chi connectivity index (χ1) is 9.35. The number of hydrogen-bond donors (Lipinski definition) is 0. The normalized spacial score (nSPS) is 18.4. The van der Waals surface area contributed by atoms with Gasteiger partial charge in [-0.05, 0) is 17.7 Å². The number of hydrogen-bond acceptors (Lipinski definition) is 5. The standard InChI is InChI=1S/C13H12N4OS/c14-7-10-2-1-3-11(6-10)8-17-9-12(15-16-17)13-18-4-5-19-13/h1-3,6,9,13H,4-5,8H2. The van der Waals surface area contributed by atoms with E-state index in [4.69, 9.17) is 10.00 Å². The minimum absolute atomic E-state index is 0.0131. The molecule has 1 atom stereocenters. The molecule has 1 aliphatic rings. The molecule has 1 aliphatic heterocycles. The highest BCUT2D eigenvalue weighted by molar-refractivity contribution is 7.99. The van der Waals surface area contributed by atoms with E-state index < -0.39 is 0 Å². The highest BCUT2D eigenvalue weighted by Crippen LogP contribution is 2.33. The third-order valence-electron chi connectivity index (χ3n) is 2.82. The molecule has 2 aromatic rings. The number of nitrogens with zero attached hydrogens (tertiary/aromatic N) is 4. The van der Waals surface area contributed by atoms with Gasteiger partial charge in [0.15, 0.2) is 0 Å². The molecule has 1 saturated heterocycles. The van der Waals surface area contributed by atoms with E-state index in [-0.39, 0.29) is 5.44 Å². The molecule has 1 aromatic heterocycles. The zero-order chi connectivity index (χ0) is 13.1. The first kappa shape index (κ1) is 12.2. The van der Waals surface area contributed by atoms with Crippen molar-refractivity contribution in [2.75, 3.05) is 12.4 Å². The average Bonchev–Trinajstić information content (AvgIpc) is 3.09. The van der Waals surface area contributed by atoms with Gasteiger partial charge in [0, 0.05) is 5.75 Å². The average molecular weight is 272 g/mol. The fraction of sp³-hybridized carbons (Fsp3) is 0.308. The van der Waals surface area contributed by atoms with Gasteiger partial charge in [-0.15, -0.1) is 16.9 Å². The summed E-state index contributed by atoms with van der Waals surface area (Å²) in [6.45, 7) is 1.38. The molecule has 1 fully saturated rings. The molecular weight excluding hydrogens is 260 g/mol. The molecule has 0 saturated carbocycles. The van der Waals surface area contributed by atoms with Crippen LogP contribution in [0.1, 0.15) is 22.3 Å². The molecule has 5 nitrogen and oxygen atoms in total. The zero-order valence-corrected chi connectivity index (χ0v) is 11.0. The van der Waals surface area contributed by atoms with Crippen LogP contribution < -0.4 is 0 Å². The zero-order valence-electron chi connectivity index (χ0n) is 10.2. The second-order valence-corrected chi connectivity index (χ2v) is 5.40. The van der Waals surface area contributed by atoms with Crippen molar-refractivity contribution in [3.63, 3.8) is 0 Å². The molecule has 0 aliphatic carbocycles. The first-order valence-electron chi connectivity index (χ1n) is 5.97. The third-order valence-corrected chi connectivity index (χ3v) is 3.90. The molecule has 1 unspecified atom stereocenters. The number of rotatable bonds is 3. The molecular formula is C13H12N4OS. The smallest absolute Gasteiger partial charge is 0.148 e. The van der Waals surface area contributed by atoms with Crippen molar-refractivity contribution in [3.8, 4) is 6.07 Å². The minimum Gasteiger partial charge on any atom is -0.360 e. The van der Waals surface area contributed by atoms with E-state index in [1.807, 2.05) is 24.4 Å². The molecule has 2 heterocycles. The van der Waals surface area contributed by atoms with Crippen molar-refractivity contribution in [2.45, 2.75) is 12.0 Å². The maximum Gasteiger partial charge on any atom is 0.148 e. The number of ether oxygens (including phenoxy) is 1. The highest BCUT2D eigenvalue weighted by atomic mass is 32.2. The van der Waals surface area contributed by atoms with Crippen LogP contribution in [0.3, 0.4) is 0 Å². The maximum atomic E-state index is 8.87. The second kappa shape index (κ2) is 5.43. The summed E-state index contributed by atoms with van der Waals surface area (Å²) in [5, 5.41) is 17.1. The van der Waals surface area contributed by atoms with Gasteiger partial charge in [0.2, 0.25) is 0 Å². The van der Waals surface area contributed by atoms with Crippen LogP contribution in [0.4, 0.5) is 0 Å². The quantitative estimate of drug-likeness (QED) is 0.854. The van der Waals surface area contributed by atoms with Gasteiger partial charge in [-0.25, -0.2) is 4.68 Å². The lowest BCUT2D eigenvalue weighted by molar-refractivity contribution is 0.142. The van der Waals surface area contributed by atoms with Gasteiger partial charge < -0.3 is 4.74 Å². The van der Waals surface area contributed by atoms with Gasteiger partial charge in [-0.2, -0.15) is 5.26 Å². The lowest BCUT2D eigenvalue weighted by atomic mass is 10.1. The van der Waals surface area contributed by atoms with E-state index in [1.165, 1.54) is 0 Å². The Morgan fingerprint density at radius 2 is 2.47 bits per heavy atom. The Balaban J connectivity index is 1.74. The Labute approximate surface area is 115 Å². The molecule has 0 bridgehead atoms. The van der Waals surface area contributed by atoms with E-state index in [9.17, 15) is 0 Å². The molecule has 0 amide bonds. The van der Waals surface area contributed by atoms with Crippen molar-refractivity contribution in [3.05, 3.63) is 47.3 Å². The van der Waals surface area contributed by atoms with Crippen LogP contribution in [0.2, 0.25) is 0 Å². The van der Waals surface area contributed by atoms with Crippen molar-refractivity contribution < 1.29 is 4.74 Å². The van der Waals surface area contributed by atoms with E-state index in [2.05, 4.69) is 16.4 Å². The Kier molecular flexibility index (Phi) is 3.49. The molecule has 0 N–H and O–H groups in total. The predicted molar refractivity (Wildman–Crippen MR) is 71.4 cm³/mol. The van der Waals surface area contributed by atoms with Crippen LogP contribution in [0.5, 0.6) is 0 Å². The Morgan fingerprint density at radius 3 is 3.26 bits per heavy atom. The number of benzene rings is 1. The molecule has 3 rings (SSSR count). The SMILES string of the molecule is N#Cc1cccc(Cn2cc(C3OCCS3)nn2)c1. The summed E-state index contributed by atoms with van der Waals surface area (Å²) in [5.41, 5.74) is 2.57. The number of thioether (sulfide) groups is 1. The van der Waals surface area contributed by atoms with Gasteiger partial charge in [0.25, 0.3) is 0 Å². The maximum absolute atomic E-state index is 8.87. The monoisotopic (exact) mass is 272 g/mol. The molecule has 6 heteroatoms. The van der Waals surface area contributed by atoms with Gasteiger partial charge >= 0.3 is 0 Å². The van der Waals surface area contributed by atoms with Crippen molar-refractivity contribution in [2.24, 2.45) is 0 Å². The fourth-order valence-electron chi connectivity index (χ4n) is 1.95. The molecule has 0 spiro atoms. The second-order valence-electron chi connectivity index (χ2n) is 4.23. The minimum atomic E-state index is 0.0131. The summed E-state index contributed by atoms with van der Waals surface area (Å²) in [5.74, 6) is 1.00. The predicted octanol–water partition coefficient (Wildman–Crippen LogP) is 1.96. The molecule has 0 radical (unpaired) electrons. The molecule has 19 heavy (non-hydrogen) atoms. The van der Waals surface area contributed by atoms with Gasteiger partial charge in [-0.3, -0.25) is 0 Å². The van der Waals surface area contributed by atoms with E-state index in [0.717, 1.165) is 23.6 Å². The van der Waals surface area contributed by atoms with E-state index in [0.29, 0.717) is 12.1 Å². The first-order valence-corrected chi connectivity index (χ1v) is 7.02. The number of nitriles is 1. The lowest BCUT2D eigenvalue weighted by Crippen LogP contribution is -2.00. The van der Waals surface area contributed by atoms with Crippen LogP contribution in [0.25, 0.3) is 0 Å². The highest BCUT2D eigenvalue weighted by Gasteiger charge is 2.21. The summed E-state index contributed by atoms with van der Waals surface area (Å²) < 4.78 is 7.32. The summed E-state index contributed by atoms with van der Waals surface area (Å²) in [6, 6.07) is 9.64. The van der Waals surface area contributed by atoms with Crippen LogP contribution in [0, 0.1) is 11.3 Å². The van der Waals surface area contributed by atoms with Crippen LogP contribution in [-0.2, 0) is 11.3 Å². The molecule has 96 valence electrons. The lowest BCUT2D eigenvalue weighted by Gasteiger charge is -2.03. The Bertz CT molecular complexity index is 613. The van der Waals surface area contributed by atoms with Crippen LogP contribution in [0.15, 0.2) is 30.5 Å². The van der Waals surface area contributed by atoms with Crippen molar-refractivity contribution in [1.82, 2.24) is 15.0 Å². The van der Waals surface area contributed by atoms with Gasteiger partial charge in [-0.1, -0.05) is 17.3 Å². The van der Waals surface area contributed by atoms with Crippen molar-refractivity contribution >= 4 is 11.8 Å². The Morgan fingerprint density at radius 1 is 1.53 bits per heavy atom. The topological polar surface area (TPSA) is 63.7 Å². The molecule has 1 aromatic carbocycles. The summed E-state index contributed by atoms with van der Waals surface area (Å²) in [6.07, 6.45) is 1.90. The van der Waals surface area contributed by atoms with E-state index in [1.54, 1.807) is 22.5 Å². The third kappa shape index (κ3) is 2.78. The summed E-state index contributed by atoms with van der Waals surface area (Å²) in [7, 11) is 0.